The van der Waals surface area contributed by atoms with Crippen LogP contribution >= 0.6 is 0 Å². The van der Waals surface area contributed by atoms with E-state index in [1.54, 1.807) is 24.3 Å². The van der Waals surface area contributed by atoms with Crippen LogP contribution in [0.5, 0.6) is 5.75 Å². The molecule has 0 aliphatic carbocycles. The van der Waals surface area contributed by atoms with Crippen molar-refractivity contribution in [2.45, 2.75) is 12.6 Å². The number of ether oxygens (including phenoxy) is 1. The maximum atomic E-state index is 10.0. The minimum absolute atomic E-state index is 0.138. The normalized spacial score (nSPS) is 12.0. The summed E-state index contributed by atoms with van der Waals surface area (Å²) in [4.78, 5) is 3.23. The zero-order valence-corrected chi connectivity index (χ0v) is 13.2. The van der Waals surface area contributed by atoms with Crippen LogP contribution in [0.15, 0.2) is 54.7 Å². The molecule has 0 saturated heterocycles. The van der Waals surface area contributed by atoms with Gasteiger partial charge in [-0.15, -0.1) is 0 Å². The number of fused-ring (bicyclic) bond motifs is 1. The molecule has 0 spiro atoms. The Balaban J connectivity index is 1.48. The molecular formula is C19H19N3O2. The van der Waals surface area contributed by atoms with Crippen molar-refractivity contribution in [3.8, 4) is 11.8 Å². The Kier molecular flexibility index (Phi) is 5.12. The van der Waals surface area contributed by atoms with Crippen molar-refractivity contribution in [1.29, 1.82) is 5.26 Å². The van der Waals surface area contributed by atoms with Crippen LogP contribution in [0.2, 0.25) is 0 Å². The quantitative estimate of drug-likeness (QED) is 0.625. The first-order chi connectivity index (χ1) is 11.8. The third-order valence-corrected chi connectivity index (χ3v) is 3.81. The maximum absolute atomic E-state index is 10.0. The second kappa shape index (κ2) is 7.64. The summed E-state index contributed by atoms with van der Waals surface area (Å²) in [6.45, 7) is 1.21. The van der Waals surface area contributed by atoms with Gasteiger partial charge in [-0.05, 0) is 23.8 Å². The van der Waals surface area contributed by atoms with Crippen LogP contribution in [-0.2, 0) is 6.54 Å². The van der Waals surface area contributed by atoms with Gasteiger partial charge in [0, 0.05) is 30.2 Å². The van der Waals surface area contributed by atoms with Crippen molar-refractivity contribution in [2.24, 2.45) is 0 Å². The van der Waals surface area contributed by atoms with Crippen LogP contribution in [0.25, 0.3) is 10.9 Å². The molecule has 1 aromatic heterocycles. The lowest BCUT2D eigenvalue weighted by Gasteiger charge is -2.13. The highest BCUT2D eigenvalue weighted by Gasteiger charge is 2.08. The Morgan fingerprint density at radius 3 is 2.83 bits per heavy atom. The van der Waals surface area contributed by atoms with Crippen LogP contribution in [0.1, 0.15) is 11.1 Å². The Bertz CT molecular complexity index is 851. The van der Waals surface area contributed by atoms with Crippen LogP contribution in [-0.4, -0.2) is 29.3 Å². The number of H-pyrrole nitrogens is 1. The molecule has 2 aromatic carbocycles. The van der Waals surface area contributed by atoms with E-state index in [2.05, 4.69) is 22.4 Å². The maximum Gasteiger partial charge on any atom is 0.137 e. The molecule has 3 aromatic rings. The number of nitrogens with one attached hydrogen (secondary N) is 2. The van der Waals surface area contributed by atoms with Gasteiger partial charge in [0.25, 0.3) is 0 Å². The smallest absolute Gasteiger partial charge is 0.137 e. The van der Waals surface area contributed by atoms with E-state index in [1.807, 2.05) is 24.4 Å². The van der Waals surface area contributed by atoms with E-state index in [1.165, 1.54) is 5.39 Å². The first-order valence-electron chi connectivity index (χ1n) is 7.83. The summed E-state index contributed by atoms with van der Waals surface area (Å²) in [7, 11) is 0. The molecule has 5 heteroatoms. The summed E-state index contributed by atoms with van der Waals surface area (Å²) >= 11 is 0. The number of rotatable bonds is 7. The summed E-state index contributed by atoms with van der Waals surface area (Å²) in [6.07, 6.45) is 1.32. The molecule has 24 heavy (non-hydrogen) atoms. The van der Waals surface area contributed by atoms with Crippen molar-refractivity contribution < 1.29 is 9.84 Å². The summed E-state index contributed by atoms with van der Waals surface area (Å²) in [6, 6.07) is 17.2. The number of nitriles is 1. The number of aromatic nitrogens is 1. The molecule has 5 nitrogen and oxygen atoms in total. The van der Waals surface area contributed by atoms with Gasteiger partial charge in [-0.2, -0.15) is 5.26 Å². The van der Waals surface area contributed by atoms with Gasteiger partial charge in [0.15, 0.2) is 0 Å². The minimum atomic E-state index is -0.651. The molecule has 0 aliphatic heterocycles. The molecule has 3 rings (SSSR count). The molecule has 122 valence electrons. The topological polar surface area (TPSA) is 81.1 Å². The molecule has 0 fully saturated rings. The van der Waals surface area contributed by atoms with Crippen LogP contribution < -0.4 is 10.1 Å². The zero-order valence-electron chi connectivity index (χ0n) is 13.2. The second-order valence-corrected chi connectivity index (χ2v) is 5.56. The second-order valence-electron chi connectivity index (χ2n) is 5.56. The average molecular weight is 321 g/mol. The average Bonchev–Trinajstić information content (AvgIpc) is 3.03. The summed E-state index contributed by atoms with van der Waals surface area (Å²) in [5, 5.41) is 23.5. The van der Waals surface area contributed by atoms with Gasteiger partial charge < -0.3 is 20.1 Å². The fourth-order valence-electron chi connectivity index (χ4n) is 2.58. The summed E-state index contributed by atoms with van der Waals surface area (Å²) in [5.74, 6) is 0.496. The number of benzene rings is 2. The van der Waals surface area contributed by atoms with E-state index in [-0.39, 0.29) is 6.61 Å². The molecule has 0 bridgehead atoms. The number of hydrogen-bond donors (Lipinski definition) is 3. The lowest BCUT2D eigenvalue weighted by atomic mass is 10.2. The number of hydrogen-bond acceptors (Lipinski definition) is 4. The molecule has 0 saturated carbocycles. The first-order valence-corrected chi connectivity index (χ1v) is 7.83. The zero-order chi connectivity index (χ0) is 16.8. The fourth-order valence-corrected chi connectivity index (χ4v) is 2.58. The fraction of sp³-hybridized carbons (Fsp3) is 0.211. The molecular weight excluding hydrogens is 302 g/mol. The number of para-hydroxylation sites is 2. The molecule has 0 aliphatic rings. The van der Waals surface area contributed by atoms with E-state index in [4.69, 9.17) is 10.00 Å². The molecule has 1 heterocycles. The lowest BCUT2D eigenvalue weighted by molar-refractivity contribution is 0.106. The van der Waals surface area contributed by atoms with Crippen molar-refractivity contribution in [2.75, 3.05) is 13.2 Å². The SMILES string of the molecule is N#Cc1ccccc1OCC(O)CNCc1c[nH]c2ccccc12. The largest absolute Gasteiger partial charge is 0.489 e. The van der Waals surface area contributed by atoms with Gasteiger partial charge in [0.1, 0.15) is 24.5 Å². The third-order valence-electron chi connectivity index (χ3n) is 3.81. The third kappa shape index (κ3) is 3.74. The predicted octanol–water partition coefficient (Wildman–Crippen LogP) is 2.57. The Hall–Kier alpha value is -2.81. The Labute approximate surface area is 140 Å². The van der Waals surface area contributed by atoms with Crippen LogP contribution in [0.3, 0.4) is 0 Å². The van der Waals surface area contributed by atoms with E-state index in [0.717, 1.165) is 11.1 Å². The van der Waals surface area contributed by atoms with Crippen molar-refractivity contribution in [3.63, 3.8) is 0 Å². The van der Waals surface area contributed by atoms with Gasteiger partial charge in [-0.3, -0.25) is 0 Å². The highest BCUT2D eigenvalue weighted by atomic mass is 16.5. The summed E-state index contributed by atoms with van der Waals surface area (Å²) < 4.78 is 5.53. The van der Waals surface area contributed by atoms with Crippen LogP contribution in [0, 0.1) is 11.3 Å². The van der Waals surface area contributed by atoms with Crippen molar-refractivity contribution in [3.05, 3.63) is 65.9 Å². The highest BCUT2D eigenvalue weighted by molar-refractivity contribution is 5.82. The van der Waals surface area contributed by atoms with Crippen LogP contribution in [0.4, 0.5) is 0 Å². The molecule has 0 radical (unpaired) electrons. The Morgan fingerprint density at radius 1 is 1.17 bits per heavy atom. The standard InChI is InChI=1S/C19H19N3O2/c20-9-14-5-1-4-8-19(14)24-13-16(23)12-21-10-15-11-22-18-7-3-2-6-17(15)18/h1-8,11,16,21-23H,10,12-13H2. The lowest BCUT2D eigenvalue weighted by Crippen LogP contribution is -2.31. The number of aliphatic hydroxyl groups excluding tert-OH is 1. The first kappa shape index (κ1) is 16.1. The molecule has 3 N–H and O–H groups in total. The highest BCUT2D eigenvalue weighted by Crippen LogP contribution is 2.18. The number of aromatic amines is 1. The van der Waals surface area contributed by atoms with Gasteiger partial charge in [0.05, 0.1) is 5.56 Å². The molecule has 1 atom stereocenters. The van der Waals surface area contributed by atoms with E-state index >= 15 is 0 Å². The van der Waals surface area contributed by atoms with E-state index < -0.39 is 6.10 Å². The Morgan fingerprint density at radius 2 is 1.96 bits per heavy atom. The number of aliphatic hydroxyl groups is 1. The van der Waals surface area contributed by atoms with E-state index in [0.29, 0.717) is 24.4 Å². The van der Waals surface area contributed by atoms with Crippen molar-refractivity contribution >= 4 is 10.9 Å². The van der Waals surface area contributed by atoms with Gasteiger partial charge in [0.2, 0.25) is 0 Å². The molecule has 0 amide bonds. The number of nitrogens with zero attached hydrogens (tertiary/aromatic N) is 1. The predicted molar refractivity (Wildman–Crippen MR) is 92.7 cm³/mol. The van der Waals surface area contributed by atoms with Gasteiger partial charge in [-0.25, -0.2) is 0 Å². The van der Waals surface area contributed by atoms with Gasteiger partial charge in [-0.1, -0.05) is 30.3 Å². The minimum Gasteiger partial charge on any atom is -0.489 e. The monoisotopic (exact) mass is 321 g/mol. The summed E-state index contributed by atoms with van der Waals surface area (Å²) in [5.41, 5.74) is 2.73. The van der Waals surface area contributed by atoms with E-state index in [9.17, 15) is 5.11 Å². The van der Waals surface area contributed by atoms with Crippen molar-refractivity contribution in [1.82, 2.24) is 10.3 Å². The molecule has 1 unspecified atom stereocenters. The van der Waals surface area contributed by atoms with Gasteiger partial charge >= 0.3 is 0 Å².